The van der Waals surface area contributed by atoms with Gasteiger partial charge in [0.25, 0.3) is 0 Å². The van der Waals surface area contributed by atoms with Gasteiger partial charge in [-0.2, -0.15) is 22.6 Å². The highest BCUT2D eigenvalue weighted by Crippen LogP contribution is 2.34. The Morgan fingerprint density at radius 3 is 2.50 bits per heavy atom. The molecule has 11 heteroatoms. The number of carbonyl (C=O) groups is 1. The third-order valence-electron chi connectivity index (χ3n) is 4.70. The zero-order chi connectivity index (χ0) is 18.9. The van der Waals surface area contributed by atoms with Gasteiger partial charge in [-0.05, 0) is 25.3 Å². The van der Waals surface area contributed by atoms with Crippen molar-refractivity contribution < 1.29 is 26.4 Å². The molecule has 0 bridgehead atoms. The number of aromatic nitrogens is 2. The van der Waals surface area contributed by atoms with Crippen LogP contribution in [-0.2, 0) is 14.8 Å². The summed E-state index contributed by atoms with van der Waals surface area (Å²) in [7, 11) is -3.34. The van der Waals surface area contributed by atoms with Crippen molar-refractivity contribution in [3.05, 3.63) is 18.5 Å². The van der Waals surface area contributed by atoms with E-state index in [0.717, 1.165) is 4.68 Å². The summed E-state index contributed by atoms with van der Waals surface area (Å²) in [5.74, 6) is -0.645. The van der Waals surface area contributed by atoms with Crippen molar-refractivity contribution in [3.8, 4) is 0 Å². The average molecular weight is 394 g/mol. The molecule has 26 heavy (non-hydrogen) atoms. The minimum atomic E-state index is -4.60. The third-order valence-corrected chi connectivity index (χ3v) is 7.10. The first-order valence-electron chi connectivity index (χ1n) is 8.52. The highest BCUT2D eigenvalue weighted by molar-refractivity contribution is 7.90. The van der Waals surface area contributed by atoms with Crippen molar-refractivity contribution >= 4 is 15.9 Å². The molecule has 146 valence electrons. The number of nitrogens with zero attached hydrogens (tertiary/aromatic N) is 4. The second kappa shape index (κ2) is 7.18. The third kappa shape index (κ3) is 4.20. The fraction of sp³-hybridized carbons (Fsp3) is 0.733. The van der Waals surface area contributed by atoms with Crippen molar-refractivity contribution in [2.75, 3.05) is 26.2 Å². The van der Waals surface area contributed by atoms with Gasteiger partial charge in [-0.25, -0.2) is 8.42 Å². The van der Waals surface area contributed by atoms with E-state index in [4.69, 9.17) is 0 Å². The molecule has 1 amide bonds. The first kappa shape index (κ1) is 19.2. The molecule has 1 saturated carbocycles. The molecule has 1 aromatic heterocycles. The standard InChI is InChI=1S/C15H21F3N4O3S/c16-15(17,18)13(22-8-1-5-19-22)11-14(23)20-6-2-7-21(10-9-20)26(24,25)12-3-4-12/h1,5,8,12-13H,2-4,6-7,9-11H2. The highest BCUT2D eigenvalue weighted by Gasteiger charge is 2.44. The number of rotatable bonds is 5. The van der Waals surface area contributed by atoms with Crippen molar-refractivity contribution in [3.63, 3.8) is 0 Å². The number of hydrogen-bond donors (Lipinski definition) is 0. The van der Waals surface area contributed by atoms with Gasteiger partial charge in [-0.3, -0.25) is 9.48 Å². The maximum atomic E-state index is 13.3. The van der Waals surface area contributed by atoms with Crippen LogP contribution in [0, 0.1) is 0 Å². The Bertz CT molecular complexity index is 732. The second-order valence-corrected chi connectivity index (χ2v) is 8.84. The van der Waals surface area contributed by atoms with E-state index in [1.54, 1.807) is 0 Å². The lowest BCUT2D eigenvalue weighted by atomic mass is 10.1. The van der Waals surface area contributed by atoms with Gasteiger partial charge in [0.1, 0.15) is 0 Å². The summed E-state index contributed by atoms with van der Waals surface area (Å²) >= 11 is 0. The molecular weight excluding hydrogens is 373 g/mol. The van der Waals surface area contributed by atoms with E-state index in [-0.39, 0.29) is 24.9 Å². The number of sulfonamides is 1. The first-order valence-corrected chi connectivity index (χ1v) is 10.0. The fourth-order valence-electron chi connectivity index (χ4n) is 3.09. The van der Waals surface area contributed by atoms with Crippen molar-refractivity contribution in [1.29, 1.82) is 0 Å². The Balaban J connectivity index is 1.64. The molecule has 2 fully saturated rings. The molecule has 2 aliphatic rings. The van der Waals surface area contributed by atoms with E-state index in [9.17, 15) is 26.4 Å². The number of alkyl halides is 3. The van der Waals surface area contributed by atoms with Gasteiger partial charge in [-0.15, -0.1) is 0 Å². The Morgan fingerprint density at radius 2 is 1.92 bits per heavy atom. The molecule has 1 aliphatic heterocycles. The zero-order valence-electron chi connectivity index (χ0n) is 14.1. The van der Waals surface area contributed by atoms with Gasteiger partial charge in [-0.1, -0.05) is 0 Å². The van der Waals surface area contributed by atoms with Gasteiger partial charge in [0.05, 0.1) is 11.7 Å². The Labute approximate surface area is 149 Å². The molecule has 1 saturated heterocycles. The lowest BCUT2D eigenvalue weighted by molar-refractivity contribution is -0.177. The summed E-state index contributed by atoms with van der Waals surface area (Å²) in [6.07, 6.45) is -1.23. The van der Waals surface area contributed by atoms with Gasteiger partial charge in [0.2, 0.25) is 15.9 Å². The molecule has 1 atom stereocenters. The van der Waals surface area contributed by atoms with E-state index in [1.165, 1.54) is 27.7 Å². The van der Waals surface area contributed by atoms with Crippen LogP contribution in [0.2, 0.25) is 0 Å². The molecule has 1 unspecified atom stereocenters. The summed E-state index contributed by atoms with van der Waals surface area (Å²) in [5.41, 5.74) is 0. The topological polar surface area (TPSA) is 75.5 Å². The molecule has 0 aromatic carbocycles. The molecular formula is C15H21F3N4O3S. The zero-order valence-corrected chi connectivity index (χ0v) is 14.9. The van der Waals surface area contributed by atoms with E-state index in [2.05, 4.69) is 5.10 Å². The second-order valence-electron chi connectivity index (χ2n) is 6.63. The summed E-state index contributed by atoms with van der Waals surface area (Å²) < 4.78 is 66.6. The number of halogens is 3. The highest BCUT2D eigenvalue weighted by atomic mass is 32.2. The number of carbonyl (C=O) groups excluding carboxylic acids is 1. The molecule has 7 nitrogen and oxygen atoms in total. The van der Waals surface area contributed by atoms with E-state index >= 15 is 0 Å². The maximum absolute atomic E-state index is 13.3. The largest absolute Gasteiger partial charge is 0.411 e. The van der Waals surface area contributed by atoms with Crippen molar-refractivity contribution in [1.82, 2.24) is 19.0 Å². The van der Waals surface area contributed by atoms with E-state index in [1.807, 2.05) is 0 Å². The molecule has 0 N–H and O–H groups in total. The van der Waals surface area contributed by atoms with Crippen LogP contribution in [0.25, 0.3) is 0 Å². The van der Waals surface area contributed by atoms with Crippen LogP contribution in [0.4, 0.5) is 13.2 Å². The summed E-state index contributed by atoms with van der Waals surface area (Å²) in [6, 6.07) is -0.657. The number of amides is 1. The first-order chi connectivity index (χ1) is 12.2. The smallest absolute Gasteiger partial charge is 0.341 e. The van der Waals surface area contributed by atoms with Crippen molar-refractivity contribution in [2.45, 2.75) is 43.2 Å². The van der Waals surface area contributed by atoms with Crippen LogP contribution in [0.1, 0.15) is 31.7 Å². The molecule has 0 radical (unpaired) electrons. The Kier molecular flexibility index (Phi) is 5.29. The molecule has 1 aromatic rings. The molecule has 1 aliphatic carbocycles. The quantitative estimate of drug-likeness (QED) is 0.757. The van der Waals surface area contributed by atoms with Crippen LogP contribution >= 0.6 is 0 Å². The summed E-state index contributed by atoms with van der Waals surface area (Å²) in [5, 5.41) is 3.27. The molecule has 3 rings (SSSR count). The van der Waals surface area contributed by atoms with Gasteiger partial charge >= 0.3 is 6.18 Å². The van der Waals surface area contributed by atoms with Crippen molar-refractivity contribution in [2.24, 2.45) is 0 Å². The summed E-state index contributed by atoms with van der Waals surface area (Å²) in [4.78, 5) is 13.7. The van der Waals surface area contributed by atoms with E-state index in [0.29, 0.717) is 25.8 Å². The Morgan fingerprint density at radius 1 is 1.19 bits per heavy atom. The van der Waals surface area contributed by atoms with Gasteiger partial charge in [0.15, 0.2) is 6.04 Å². The predicted molar refractivity (Wildman–Crippen MR) is 86.6 cm³/mol. The van der Waals surface area contributed by atoms with Gasteiger partial charge < -0.3 is 4.90 Å². The average Bonchev–Trinajstić information content (AvgIpc) is 3.34. The predicted octanol–water partition coefficient (Wildman–Crippen LogP) is 1.40. The van der Waals surface area contributed by atoms with Crippen LogP contribution in [0.5, 0.6) is 0 Å². The van der Waals surface area contributed by atoms with Gasteiger partial charge in [0, 0.05) is 38.6 Å². The number of hydrogen-bond acceptors (Lipinski definition) is 4. The normalized spacial score (nSPS) is 21.4. The minimum absolute atomic E-state index is 0.106. The van der Waals surface area contributed by atoms with Crippen LogP contribution < -0.4 is 0 Å². The maximum Gasteiger partial charge on any atom is 0.411 e. The lowest BCUT2D eigenvalue weighted by Crippen LogP contribution is -2.40. The SMILES string of the molecule is O=C(CC(n1cccn1)C(F)(F)F)N1CCCN(S(=O)(=O)C2CC2)CC1. The van der Waals surface area contributed by atoms with Crippen LogP contribution in [0.3, 0.4) is 0 Å². The molecule has 0 spiro atoms. The van der Waals surface area contributed by atoms with Crippen LogP contribution in [0.15, 0.2) is 18.5 Å². The lowest BCUT2D eigenvalue weighted by Gasteiger charge is -2.25. The minimum Gasteiger partial charge on any atom is -0.341 e. The van der Waals surface area contributed by atoms with Crippen LogP contribution in [-0.4, -0.2) is 70.9 Å². The molecule has 2 heterocycles. The van der Waals surface area contributed by atoms with E-state index < -0.39 is 34.6 Å². The summed E-state index contributed by atoms with van der Waals surface area (Å²) in [6.45, 7) is 0.779. The Hall–Kier alpha value is -1.62. The monoisotopic (exact) mass is 394 g/mol. The fourth-order valence-corrected chi connectivity index (χ4v) is 4.97.